The Kier molecular flexibility index (Phi) is 12.8. The number of ether oxygens (including phenoxy) is 3. The minimum Gasteiger partial charge on any atom is -0.494 e. The van der Waals surface area contributed by atoms with Gasteiger partial charge in [0, 0.05) is 48.4 Å². The van der Waals surface area contributed by atoms with Gasteiger partial charge in [0.05, 0.1) is 6.61 Å². The molecule has 0 saturated heterocycles. The highest BCUT2D eigenvalue weighted by Gasteiger charge is 2.38. The normalized spacial score (nSPS) is 12.4. The van der Waals surface area contributed by atoms with Gasteiger partial charge in [0.1, 0.15) is 40.0 Å². The Morgan fingerprint density at radius 1 is 0.778 bits per heavy atom. The van der Waals surface area contributed by atoms with Gasteiger partial charge < -0.3 is 27.8 Å². The number of imidazole rings is 1. The monoisotopic (exact) mass is 755 g/mol. The molecular formula is C37H44F3N7O7. The fourth-order valence-corrected chi connectivity index (χ4v) is 4.99. The maximum atomic E-state index is 13.2. The summed E-state index contributed by atoms with van der Waals surface area (Å²) in [4.78, 5) is 39.3. The highest BCUT2D eigenvalue weighted by atomic mass is 19.4. The molecule has 0 aliphatic rings. The summed E-state index contributed by atoms with van der Waals surface area (Å²) in [6.07, 6.45) is -2.34. The third-order valence-corrected chi connectivity index (χ3v) is 7.27. The first kappa shape index (κ1) is 40.9. The zero-order valence-corrected chi connectivity index (χ0v) is 30.8. The lowest BCUT2D eigenvalue weighted by Gasteiger charge is -2.19. The number of amidine groups is 2. The molecule has 17 heteroatoms. The number of halogens is 3. The molecule has 54 heavy (non-hydrogen) atoms. The van der Waals surface area contributed by atoms with Crippen LogP contribution < -0.4 is 21.0 Å². The first-order valence-electron chi connectivity index (χ1n) is 17.0. The van der Waals surface area contributed by atoms with Gasteiger partial charge in [-0.1, -0.05) is 0 Å². The van der Waals surface area contributed by atoms with Crippen molar-refractivity contribution in [3.8, 4) is 5.75 Å². The van der Waals surface area contributed by atoms with E-state index >= 15 is 0 Å². The van der Waals surface area contributed by atoms with E-state index in [0.29, 0.717) is 52.9 Å². The molecule has 4 rings (SSSR count). The standard InChI is InChI=1S/C37H44F3N7O7/c1-35(2,3)53-33(49)43-29(41)23-10-13-26(14-11-23)51-20-8-17-47-19-18-46(32(47)45-31(48)37(38,39)40)16-7-9-27-22-25-21-24(12-15-28(25)52-27)30(42)44-34(50)54-36(4,5)6/h10-15,18-19,21-22H,7-9,16-17,20H2,1-6H3,(H2,41,43,49)(H2,42,44,50)/b45-32+. The molecule has 2 heterocycles. The number of carbonyl (C=O) groups is 3. The van der Waals surface area contributed by atoms with E-state index in [1.165, 1.54) is 9.13 Å². The van der Waals surface area contributed by atoms with Crippen LogP contribution in [0.5, 0.6) is 5.75 Å². The van der Waals surface area contributed by atoms with Crippen LogP contribution in [0.25, 0.3) is 11.0 Å². The van der Waals surface area contributed by atoms with Crippen molar-refractivity contribution < 1.29 is 46.2 Å². The SMILES string of the molecule is CC(C)(C)OC(=O)NC(=N)c1ccc(OCCCn2ccn(CCCc3cc4cc(C(=N)NC(=O)OC(C)(C)C)ccc4o3)/c2=N\C(=O)C(F)(F)F)cc1. The van der Waals surface area contributed by atoms with Gasteiger partial charge in [-0.15, -0.1) is 0 Å². The second-order valence-electron chi connectivity index (χ2n) is 14.2. The molecule has 0 atom stereocenters. The number of hydrogen-bond donors (Lipinski definition) is 4. The molecule has 0 bridgehead atoms. The van der Waals surface area contributed by atoms with Crippen LogP contribution in [0.3, 0.4) is 0 Å². The van der Waals surface area contributed by atoms with Gasteiger partial charge in [0.2, 0.25) is 5.62 Å². The quantitative estimate of drug-likeness (QED) is 0.0734. The van der Waals surface area contributed by atoms with E-state index in [9.17, 15) is 27.6 Å². The Morgan fingerprint density at radius 3 is 1.87 bits per heavy atom. The number of nitrogens with one attached hydrogen (secondary N) is 4. The number of alkyl carbamates (subject to hydrolysis) is 2. The number of benzene rings is 2. The van der Waals surface area contributed by atoms with Crippen molar-refractivity contribution in [1.82, 2.24) is 19.8 Å². The number of hydrogen-bond acceptors (Lipinski definition) is 9. The van der Waals surface area contributed by atoms with Crippen molar-refractivity contribution in [2.24, 2.45) is 4.99 Å². The Balaban J connectivity index is 1.35. The topological polar surface area (TPSA) is 186 Å². The molecule has 290 valence electrons. The highest BCUT2D eigenvalue weighted by Crippen LogP contribution is 2.22. The minimum absolute atomic E-state index is 0.145. The number of fused-ring (bicyclic) bond motifs is 1. The first-order chi connectivity index (χ1) is 25.2. The third-order valence-electron chi connectivity index (χ3n) is 7.27. The van der Waals surface area contributed by atoms with Crippen LogP contribution in [0.2, 0.25) is 0 Å². The lowest BCUT2D eigenvalue weighted by Crippen LogP contribution is -2.36. The highest BCUT2D eigenvalue weighted by molar-refractivity contribution is 6.06. The van der Waals surface area contributed by atoms with E-state index in [1.807, 2.05) is 0 Å². The summed E-state index contributed by atoms with van der Waals surface area (Å²) < 4.78 is 64.6. The van der Waals surface area contributed by atoms with Gasteiger partial charge in [-0.05, 0) is 103 Å². The molecule has 2 aromatic heterocycles. The molecule has 0 saturated carbocycles. The summed E-state index contributed by atoms with van der Waals surface area (Å²) in [5.74, 6) is -1.45. The summed E-state index contributed by atoms with van der Waals surface area (Å²) in [5, 5.41) is 21.8. The molecule has 0 aliphatic heterocycles. The van der Waals surface area contributed by atoms with E-state index in [0.717, 1.165) is 0 Å². The molecule has 14 nitrogen and oxygen atoms in total. The minimum atomic E-state index is -5.15. The van der Waals surface area contributed by atoms with Crippen molar-refractivity contribution in [2.45, 2.75) is 91.3 Å². The molecule has 2 aromatic carbocycles. The van der Waals surface area contributed by atoms with E-state index in [1.54, 1.807) is 102 Å². The van der Waals surface area contributed by atoms with E-state index < -0.39 is 35.5 Å². The van der Waals surface area contributed by atoms with Crippen LogP contribution in [0.4, 0.5) is 22.8 Å². The predicted octanol–water partition coefficient (Wildman–Crippen LogP) is 6.83. The lowest BCUT2D eigenvalue weighted by atomic mass is 10.1. The summed E-state index contributed by atoms with van der Waals surface area (Å²) in [5.41, 5.74) is -0.185. The van der Waals surface area contributed by atoms with E-state index in [4.69, 9.17) is 29.4 Å². The van der Waals surface area contributed by atoms with E-state index in [-0.39, 0.29) is 37.0 Å². The van der Waals surface area contributed by atoms with Crippen LogP contribution in [-0.4, -0.2) is 62.9 Å². The van der Waals surface area contributed by atoms with Crippen molar-refractivity contribution in [3.05, 3.63) is 83.4 Å². The molecule has 0 aliphatic carbocycles. The Hall–Kier alpha value is -5.87. The van der Waals surface area contributed by atoms with Crippen LogP contribution >= 0.6 is 0 Å². The molecular weight excluding hydrogens is 711 g/mol. The number of aromatic nitrogens is 2. The van der Waals surface area contributed by atoms with E-state index in [2.05, 4.69) is 15.6 Å². The summed E-state index contributed by atoms with van der Waals surface area (Å²) in [6.45, 7) is 10.9. The number of carbonyl (C=O) groups excluding carboxylic acids is 3. The summed E-state index contributed by atoms with van der Waals surface area (Å²) >= 11 is 0. The number of alkyl halides is 3. The zero-order chi connectivity index (χ0) is 39.8. The van der Waals surface area contributed by atoms with Crippen molar-refractivity contribution in [3.63, 3.8) is 0 Å². The second-order valence-corrected chi connectivity index (χ2v) is 14.2. The number of amides is 3. The van der Waals surface area contributed by atoms with Gasteiger partial charge in [0.25, 0.3) is 0 Å². The second kappa shape index (κ2) is 16.9. The molecule has 3 amide bonds. The van der Waals surface area contributed by atoms with Crippen LogP contribution in [0.1, 0.15) is 71.3 Å². The fraction of sp³-hybridized carbons (Fsp3) is 0.405. The van der Waals surface area contributed by atoms with Crippen LogP contribution in [0, 0.1) is 10.8 Å². The maximum Gasteiger partial charge on any atom is 0.473 e. The first-order valence-corrected chi connectivity index (χ1v) is 17.0. The largest absolute Gasteiger partial charge is 0.494 e. The lowest BCUT2D eigenvalue weighted by molar-refractivity contribution is -0.169. The Morgan fingerprint density at radius 2 is 1.31 bits per heavy atom. The van der Waals surface area contributed by atoms with Gasteiger partial charge in [-0.25, -0.2) is 9.59 Å². The summed E-state index contributed by atoms with van der Waals surface area (Å²) in [7, 11) is 0. The average molecular weight is 756 g/mol. The van der Waals surface area contributed by atoms with Crippen molar-refractivity contribution in [2.75, 3.05) is 6.61 Å². The Labute approximate surface area is 309 Å². The predicted molar refractivity (Wildman–Crippen MR) is 193 cm³/mol. The third kappa shape index (κ3) is 12.4. The molecule has 0 spiro atoms. The van der Waals surface area contributed by atoms with Crippen molar-refractivity contribution >= 4 is 40.7 Å². The molecule has 0 radical (unpaired) electrons. The smallest absolute Gasteiger partial charge is 0.473 e. The summed E-state index contributed by atoms with van der Waals surface area (Å²) in [6, 6.07) is 13.2. The number of aryl methyl sites for hydroxylation is 3. The average Bonchev–Trinajstić information content (AvgIpc) is 3.63. The fourth-order valence-electron chi connectivity index (χ4n) is 4.99. The molecule has 0 unspecified atom stereocenters. The zero-order valence-electron chi connectivity index (χ0n) is 30.8. The number of furan rings is 1. The molecule has 4 aromatic rings. The molecule has 0 fully saturated rings. The van der Waals surface area contributed by atoms with Gasteiger partial charge in [-0.2, -0.15) is 18.2 Å². The van der Waals surface area contributed by atoms with Gasteiger partial charge in [0.15, 0.2) is 0 Å². The number of rotatable bonds is 11. The maximum absolute atomic E-state index is 13.2. The van der Waals surface area contributed by atoms with Crippen LogP contribution in [-0.2, 0) is 33.8 Å². The van der Waals surface area contributed by atoms with Gasteiger partial charge >= 0.3 is 24.3 Å². The Bertz CT molecular complexity index is 2070. The molecule has 4 N–H and O–H groups in total. The number of nitrogens with zero attached hydrogens (tertiary/aromatic N) is 3. The van der Waals surface area contributed by atoms with Crippen LogP contribution in [0.15, 0.2) is 70.3 Å². The van der Waals surface area contributed by atoms with Crippen molar-refractivity contribution in [1.29, 1.82) is 10.8 Å². The van der Waals surface area contributed by atoms with Gasteiger partial charge in [-0.3, -0.25) is 26.2 Å².